The molecule has 2 N–H and O–H groups in total. The third-order valence-corrected chi connectivity index (χ3v) is 3.98. The Morgan fingerprint density at radius 1 is 1.22 bits per heavy atom. The number of nitrogens with zero attached hydrogens (tertiary/aromatic N) is 2. The van der Waals surface area contributed by atoms with Gasteiger partial charge in [-0.15, -0.1) is 0 Å². The first-order valence-electron chi connectivity index (χ1n) is 7.69. The number of aryl methyl sites for hydroxylation is 2. The van der Waals surface area contributed by atoms with Crippen molar-refractivity contribution in [1.82, 2.24) is 14.8 Å². The number of carbonyl (C=O) groups is 1. The minimum Gasteiger partial charge on any atom is -0.351 e. The number of carbonyl (C=O) groups excluding carboxylic acids is 1. The molecule has 2 heterocycles. The van der Waals surface area contributed by atoms with E-state index in [1.165, 1.54) is 5.56 Å². The lowest BCUT2D eigenvalue weighted by Crippen LogP contribution is -2.14. The van der Waals surface area contributed by atoms with Crippen LogP contribution in [-0.4, -0.2) is 20.7 Å². The molecular weight excluding hydrogens is 288 g/mol. The molecule has 0 radical (unpaired) electrons. The Kier molecular flexibility index (Phi) is 3.51. The molecule has 0 fully saturated rings. The van der Waals surface area contributed by atoms with Crippen LogP contribution in [0.25, 0.3) is 10.9 Å². The van der Waals surface area contributed by atoms with Crippen molar-refractivity contribution in [2.75, 3.05) is 5.32 Å². The lowest BCUT2D eigenvalue weighted by molar-refractivity contribution is 0.102. The number of nitrogens with one attached hydrogen (secondary N) is 2. The Morgan fingerprint density at radius 2 is 1.96 bits per heavy atom. The summed E-state index contributed by atoms with van der Waals surface area (Å²) in [6.45, 7) is 8.42. The van der Waals surface area contributed by atoms with E-state index in [9.17, 15) is 4.79 Å². The summed E-state index contributed by atoms with van der Waals surface area (Å²) in [5, 5.41) is 8.15. The minimum atomic E-state index is -0.165. The molecule has 0 bridgehead atoms. The van der Waals surface area contributed by atoms with Gasteiger partial charge in [0.25, 0.3) is 5.91 Å². The summed E-state index contributed by atoms with van der Waals surface area (Å²) >= 11 is 0. The number of benzene rings is 1. The first kappa shape index (κ1) is 15.3. The zero-order chi connectivity index (χ0) is 16.8. The molecule has 3 aromatic rings. The number of rotatable bonds is 2. The number of anilines is 1. The molecule has 0 atom stereocenters. The van der Waals surface area contributed by atoms with E-state index in [0.717, 1.165) is 16.6 Å². The molecule has 5 nitrogen and oxygen atoms in total. The molecule has 0 aliphatic carbocycles. The Morgan fingerprint density at radius 3 is 2.57 bits per heavy atom. The van der Waals surface area contributed by atoms with Gasteiger partial charge in [0.15, 0.2) is 0 Å². The first-order chi connectivity index (χ1) is 10.7. The number of amides is 1. The fourth-order valence-electron chi connectivity index (χ4n) is 2.63. The van der Waals surface area contributed by atoms with Crippen LogP contribution in [0.15, 0.2) is 30.3 Å². The molecule has 0 aliphatic heterocycles. The highest BCUT2D eigenvalue weighted by atomic mass is 16.2. The molecule has 5 heteroatoms. The third-order valence-electron chi connectivity index (χ3n) is 3.98. The smallest absolute Gasteiger partial charge is 0.273 e. The van der Waals surface area contributed by atoms with Crippen LogP contribution in [0.2, 0.25) is 0 Å². The van der Waals surface area contributed by atoms with Crippen molar-refractivity contribution >= 4 is 22.6 Å². The molecule has 3 rings (SSSR count). The predicted octanol–water partition coefficient (Wildman–Crippen LogP) is 3.76. The molecule has 120 valence electrons. The SMILES string of the molecule is Cc1cc(NC(=O)c2cc3ccc(C(C)(C)C)cc3[nH]2)n(C)n1. The van der Waals surface area contributed by atoms with Gasteiger partial charge < -0.3 is 10.3 Å². The van der Waals surface area contributed by atoms with Crippen LogP contribution in [0.4, 0.5) is 5.82 Å². The van der Waals surface area contributed by atoms with E-state index in [4.69, 9.17) is 0 Å². The highest BCUT2D eigenvalue weighted by Gasteiger charge is 2.16. The zero-order valence-corrected chi connectivity index (χ0v) is 14.2. The Hall–Kier alpha value is -2.56. The molecule has 2 aromatic heterocycles. The van der Waals surface area contributed by atoms with Crippen molar-refractivity contribution < 1.29 is 4.79 Å². The molecule has 0 spiro atoms. The maximum atomic E-state index is 12.4. The van der Waals surface area contributed by atoms with Crippen molar-refractivity contribution in [2.45, 2.75) is 33.1 Å². The maximum Gasteiger partial charge on any atom is 0.273 e. The van der Waals surface area contributed by atoms with E-state index >= 15 is 0 Å². The van der Waals surface area contributed by atoms with Crippen molar-refractivity contribution in [1.29, 1.82) is 0 Å². The van der Waals surface area contributed by atoms with Gasteiger partial charge in [0.1, 0.15) is 11.5 Å². The summed E-state index contributed by atoms with van der Waals surface area (Å²) in [7, 11) is 1.81. The van der Waals surface area contributed by atoms with E-state index in [0.29, 0.717) is 11.5 Å². The average molecular weight is 310 g/mol. The standard InChI is InChI=1S/C18H22N4O/c1-11-8-16(22(5)21-11)20-17(23)15-9-12-6-7-13(18(2,3)4)10-14(12)19-15/h6-10,19H,1-5H3,(H,20,23). The Balaban J connectivity index is 1.91. The van der Waals surface area contributed by atoms with Crippen molar-refractivity contribution in [3.63, 3.8) is 0 Å². The van der Waals surface area contributed by atoms with Crippen LogP contribution < -0.4 is 5.32 Å². The molecule has 0 unspecified atom stereocenters. The molecule has 23 heavy (non-hydrogen) atoms. The Labute approximate surface area is 135 Å². The predicted molar refractivity (Wildman–Crippen MR) is 92.9 cm³/mol. The topological polar surface area (TPSA) is 62.7 Å². The van der Waals surface area contributed by atoms with Gasteiger partial charge in [-0.2, -0.15) is 5.10 Å². The number of hydrogen-bond donors (Lipinski definition) is 2. The number of aromatic nitrogens is 3. The summed E-state index contributed by atoms with van der Waals surface area (Å²) in [5.74, 6) is 0.517. The average Bonchev–Trinajstić information content (AvgIpc) is 3.00. The fraction of sp³-hybridized carbons (Fsp3) is 0.333. The van der Waals surface area contributed by atoms with E-state index in [1.54, 1.807) is 4.68 Å². The van der Waals surface area contributed by atoms with Gasteiger partial charge in [-0.1, -0.05) is 32.9 Å². The molecule has 0 aliphatic rings. The van der Waals surface area contributed by atoms with Gasteiger partial charge >= 0.3 is 0 Å². The first-order valence-corrected chi connectivity index (χ1v) is 7.69. The molecule has 0 saturated carbocycles. The van der Waals surface area contributed by atoms with Gasteiger partial charge in [0.2, 0.25) is 0 Å². The summed E-state index contributed by atoms with van der Waals surface area (Å²) in [6.07, 6.45) is 0. The quantitative estimate of drug-likeness (QED) is 0.757. The number of H-pyrrole nitrogens is 1. The second-order valence-electron chi connectivity index (χ2n) is 6.98. The van der Waals surface area contributed by atoms with Crippen LogP contribution in [-0.2, 0) is 12.5 Å². The highest BCUT2D eigenvalue weighted by Crippen LogP contribution is 2.26. The fourth-order valence-corrected chi connectivity index (χ4v) is 2.63. The van der Waals surface area contributed by atoms with Crippen LogP contribution in [0.3, 0.4) is 0 Å². The van der Waals surface area contributed by atoms with E-state index in [1.807, 2.05) is 26.1 Å². The summed E-state index contributed by atoms with van der Waals surface area (Å²) in [5.41, 5.74) is 3.71. The summed E-state index contributed by atoms with van der Waals surface area (Å²) in [6, 6.07) is 10.00. The van der Waals surface area contributed by atoms with Gasteiger partial charge in [0.05, 0.1) is 5.69 Å². The van der Waals surface area contributed by atoms with Gasteiger partial charge in [-0.25, -0.2) is 0 Å². The molecular formula is C18H22N4O. The monoisotopic (exact) mass is 310 g/mol. The highest BCUT2D eigenvalue weighted by molar-refractivity contribution is 6.05. The maximum absolute atomic E-state index is 12.4. The summed E-state index contributed by atoms with van der Waals surface area (Å²) in [4.78, 5) is 15.7. The van der Waals surface area contributed by atoms with Gasteiger partial charge in [-0.3, -0.25) is 9.48 Å². The Bertz CT molecular complexity index is 880. The lowest BCUT2D eigenvalue weighted by Gasteiger charge is -2.18. The van der Waals surface area contributed by atoms with Gasteiger partial charge in [-0.05, 0) is 30.0 Å². The van der Waals surface area contributed by atoms with E-state index < -0.39 is 0 Å². The van der Waals surface area contributed by atoms with Gasteiger partial charge in [0, 0.05) is 24.0 Å². The van der Waals surface area contributed by atoms with Crippen LogP contribution in [0, 0.1) is 6.92 Å². The normalized spacial score (nSPS) is 11.9. The van der Waals surface area contributed by atoms with E-state index in [-0.39, 0.29) is 11.3 Å². The van der Waals surface area contributed by atoms with Crippen molar-refractivity contribution in [3.05, 3.63) is 47.3 Å². The molecule has 1 aromatic carbocycles. The second-order valence-corrected chi connectivity index (χ2v) is 6.98. The second kappa shape index (κ2) is 5.26. The zero-order valence-electron chi connectivity index (χ0n) is 14.2. The molecule has 1 amide bonds. The largest absolute Gasteiger partial charge is 0.351 e. The van der Waals surface area contributed by atoms with Crippen molar-refractivity contribution in [2.24, 2.45) is 7.05 Å². The number of hydrogen-bond acceptors (Lipinski definition) is 2. The van der Waals surface area contributed by atoms with Crippen LogP contribution in [0.1, 0.15) is 42.5 Å². The lowest BCUT2D eigenvalue weighted by atomic mass is 9.87. The third kappa shape index (κ3) is 2.99. The molecule has 0 saturated heterocycles. The minimum absolute atomic E-state index is 0.0773. The summed E-state index contributed by atoms with van der Waals surface area (Å²) < 4.78 is 1.66. The van der Waals surface area contributed by atoms with Crippen molar-refractivity contribution in [3.8, 4) is 0 Å². The van der Waals surface area contributed by atoms with E-state index in [2.05, 4.69) is 54.4 Å². The number of aromatic amines is 1. The van der Waals surface area contributed by atoms with Crippen LogP contribution >= 0.6 is 0 Å². The van der Waals surface area contributed by atoms with Crippen LogP contribution in [0.5, 0.6) is 0 Å². The number of fused-ring (bicyclic) bond motifs is 1.